The number of nitrogens with one attached hydrogen (secondary N) is 1. The van der Waals surface area contributed by atoms with Gasteiger partial charge in [0, 0.05) is 11.3 Å². The molecule has 0 heterocycles. The topological polar surface area (TPSA) is 54.9 Å². The molecule has 27 heavy (non-hydrogen) atoms. The Labute approximate surface area is 158 Å². The highest BCUT2D eigenvalue weighted by molar-refractivity contribution is 5.94. The van der Waals surface area contributed by atoms with Crippen molar-refractivity contribution in [3.8, 4) is 5.75 Å². The SMILES string of the molecule is O=C(Nc1ccc(F)cc1)[C@H]([NH2+]CCOc1ccccc1)c1ccccc1. The number of quaternary nitrogens is 1. The maximum absolute atomic E-state index is 13.1. The number of hydrogen-bond acceptors (Lipinski definition) is 2. The van der Waals surface area contributed by atoms with E-state index >= 15 is 0 Å². The first-order valence-electron chi connectivity index (χ1n) is 8.85. The van der Waals surface area contributed by atoms with Crippen molar-refractivity contribution in [2.75, 3.05) is 18.5 Å². The first-order valence-corrected chi connectivity index (χ1v) is 8.85. The summed E-state index contributed by atoms with van der Waals surface area (Å²) in [5.41, 5.74) is 1.47. The number of carbonyl (C=O) groups is 1. The molecule has 138 valence electrons. The summed E-state index contributed by atoms with van der Waals surface area (Å²) in [6, 6.07) is 24.5. The molecule has 0 aliphatic rings. The van der Waals surface area contributed by atoms with E-state index < -0.39 is 6.04 Å². The second kappa shape index (κ2) is 9.50. The molecule has 0 spiro atoms. The van der Waals surface area contributed by atoms with E-state index in [0.717, 1.165) is 11.3 Å². The van der Waals surface area contributed by atoms with E-state index in [2.05, 4.69) is 5.32 Å². The molecule has 5 heteroatoms. The minimum Gasteiger partial charge on any atom is -0.488 e. The Morgan fingerprint density at radius 3 is 2.22 bits per heavy atom. The van der Waals surface area contributed by atoms with Gasteiger partial charge in [-0.1, -0.05) is 48.5 Å². The summed E-state index contributed by atoms with van der Waals surface area (Å²) in [4.78, 5) is 12.8. The van der Waals surface area contributed by atoms with E-state index in [4.69, 9.17) is 4.74 Å². The number of halogens is 1. The molecule has 0 saturated heterocycles. The number of amides is 1. The van der Waals surface area contributed by atoms with Crippen LogP contribution in [0.1, 0.15) is 11.6 Å². The number of ether oxygens (including phenoxy) is 1. The molecule has 4 nitrogen and oxygen atoms in total. The molecule has 0 radical (unpaired) electrons. The normalized spacial score (nSPS) is 11.6. The number of para-hydroxylation sites is 1. The summed E-state index contributed by atoms with van der Waals surface area (Å²) in [5.74, 6) is 0.308. The van der Waals surface area contributed by atoms with Gasteiger partial charge in [-0.05, 0) is 36.4 Å². The van der Waals surface area contributed by atoms with E-state index in [9.17, 15) is 9.18 Å². The van der Waals surface area contributed by atoms with Crippen LogP contribution in [-0.2, 0) is 4.79 Å². The molecule has 0 unspecified atom stereocenters. The van der Waals surface area contributed by atoms with Crippen molar-refractivity contribution < 1.29 is 19.2 Å². The summed E-state index contributed by atoms with van der Waals surface area (Å²) >= 11 is 0. The fourth-order valence-corrected chi connectivity index (χ4v) is 2.74. The fourth-order valence-electron chi connectivity index (χ4n) is 2.74. The Morgan fingerprint density at radius 1 is 0.926 bits per heavy atom. The minimum absolute atomic E-state index is 0.160. The van der Waals surface area contributed by atoms with E-state index in [1.807, 2.05) is 66.0 Å². The maximum atomic E-state index is 13.1. The molecule has 0 saturated carbocycles. The predicted molar refractivity (Wildman–Crippen MR) is 103 cm³/mol. The summed E-state index contributed by atoms with van der Waals surface area (Å²) in [7, 11) is 0. The summed E-state index contributed by atoms with van der Waals surface area (Å²) in [5, 5.41) is 4.79. The highest BCUT2D eigenvalue weighted by Crippen LogP contribution is 2.14. The smallest absolute Gasteiger partial charge is 0.287 e. The van der Waals surface area contributed by atoms with Crippen molar-refractivity contribution in [2.45, 2.75) is 6.04 Å². The van der Waals surface area contributed by atoms with Gasteiger partial charge in [-0.2, -0.15) is 0 Å². The van der Waals surface area contributed by atoms with Crippen molar-refractivity contribution in [3.63, 3.8) is 0 Å². The van der Waals surface area contributed by atoms with Crippen LogP contribution in [0.4, 0.5) is 10.1 Å². The zero-order chi connectivity index (χ0) is 18.9. The second-order valence-electron chi connectivity index (χ2n) is 6.07. The van der Waals surface area contributed by atoms with Crippen LogP contribution in [0.25, 0.3) is 0 Å². The Hall–Kier alpha value is -3.18. The van der Waals surface area contributed by atoms with Gasteiger partial charge in [0.15, 0.2) is 6.04 Å². The Morgan fingerprint density at radius 2 is 1.56 bits per heavy atom. The minimum atomic E-state index is -0.421. The van der Waals surface area contributed by atoms with Crippen molar-refractivity contribution in [1.82, 2.24) is 0 Å². The van der Waals surface area contributed by atoms with Crippen LogP contribution in [0.5, 0.6) is 5.75 Å². The Kier molecular flexibility index (Phi) is 6.55. The predicted octanol–water partition coefficient (Wildman–Crippen LogP) is 3.15. The van der Waals surface area contributed by atoms with Crippen molar-refractivity contribution in [3.05, 3.63) is 96.3 Å². The van der Waals surface area contributed by atoms with E-state index in [1.165, 1.54) is 12.1 Å². The monoisotopic (exact) mass is 365 g/mol. The zero-order valence-corrected chi connectivity index (χ0v) is 14.8. The lowest BCUT2D eigenvalue weighted by atomic mass is 10.1. The average Bonchev–Trinajstić information content (AvgIpc) is 2.71. The molecule has 0 fully saturated rings. The lowest BCUT2D eigenvalue weighted by Crippen LogP contribution is -2.88. The number of anilines is 1. The number of nitrogens with two attached hydrogens (primary N) is 1. The Bertz CT molecular complexity index is 839. The molecule has 1 amide bonds. The lowest BCUT2D eigenvalue weighted by Gasteiger charge is -2.16. The van der Waals surface area contributed by atoms with Crippen LogP contribution >= 0.6 is 0 Å². The lowest BCUT2D eigenvalue weighted by molar-refractivity contribution is -0.682. The standard InChI is InChI=1S/C22H21FN2O2/c23-18-11-13-19(14-12-18)25-22(26)21(17-7-3-1-4-8-17)24-15-16-27-20-9-5-2-6-10-20/h1-14,21,24H,15-16H2,(H,25,26)/p+1/t21-/m1/s1. The van der Waals surface area contributed by atoms with Gasteiger partial charge in [0.1, 0.15) is 24.7 Å². The molecular formula is C22H22FN2O2+. The third-order valence-electron chi connectivity index (χ3n) is 4.09. The van der Waals surface area contributed by atoms with Crippen LogP contribution in [-0.4, -0.2) is 19.1 Å². The van der Waals surface area contributed by atoms with Gasteiger partial charge in [0.05, 0.1) is 0 Å². The highest BCUT2D eigenvalue weighted by Gasteiger charge is 2.23. The molecule has 3 aromatic carbocycles. The molecule has 0 bridgehead atoms. The van der Waals surface area contributed by atoms with Gasteiger partial charge in [0.25, 0.3) is 5.91 Å². The quantitative estimate of drug-likeness (QED) is 0.603. The van der Waals surface area contributed by atoms with Gasteiger partial charge >= 0.3 is 0 Å². The maximum Gasteiger partial charge on any atom is 0.287 e. The molecule has 0 aromatic heterocycles. The molecule has 3 aromatic rings. The van der Waals surface area contributed by atoms with Crippen LogP contribution in [0.3, 0.4) is 0 Å². The van der Waals surface area contributed by atoms with Crippen molar-refractivity contribution >= 4 is 11.6 Å². The van der Waals surface area contributed by atoms with Gasteiger partial charge in [-0.25, -0.2) is 4.39 Å². The third-order valence-corrected chi connectivity index (χ3v) is 4.09. The molecule has 0 aliphatic carbocycles. The first-order chi connectivity index (χ1) is 13.2. The van der Waals surface area contributed by atoms with Crippen molar-refractivity contribution in [1.29, 1.82) is 0 Å². The first kappa shape index (κ1) is 18.6. The van der Waals surface area contributed by atoms with E-state index in [0.29, 0.717) is 18.8 Å². The van der Waals surface area contributed by atoms with E-state index in [1.54, 1.807) is 12.1 Å². The molecule has 3 rings (SSSR count). The van der Waals surface area contributed by atoms with Crippen LogP contribution in [0.15, 0.2) is 84.9 Å². The number of carbonyl (C=O) groups excluding carboxylic acids is 1. The largest absolute Gasteiger partial charge is 0.488 e. The van der Waals surface area contributed by atoms with Crippen molar-refractivity contribution in [2.24, 2.45) is 0 Å². The summed E-state index contributed by atoms with van der Waals surface area (Å²) in [6.07, 6.45) is 0. The number of hydrogen-bond donors (Lipinski definition) is 2. The zero-order valence-electron chi connectivity index (χ0n) is 14.8. The fraction of sp³-hybridized carbons (Fsp3) is 0.136. The molecule has 0 aliphatic heterocycles. The summed E-state index contributed by atoms with van der Waals surface area (Å²) in [6.45, 7) is 1.10. The van der Waals surface area contributed by atoms with Gasteiger partial charge in [-0.15, -0.1) is 0 Å². The summed E-state index contributed by atoms with van der Waals surface area (Å²) < 4.78 is 18.8. The van der Waals surface area contributed by atoms with Crippen LogP contribution in [0, 0.1) is 5.82 Å². The second-order valence-corrected chi connectivity index (χ2v) is 6.07. The third kappa shape index (κ3) is 5.66. The average molecular weight is 365 g/mol. The molecular weight excluding hydrogens is 343 g/mol. The highest BCUT2D eigenvalue weighted by atomic mass is 19.1. The Balaban J connectivity index is 1.62. The van der Waals surface area contributed by atoms with Gasteiger partial charge in [-0.3, -0.25) is 4.79 Å². The molecule has 1 atom stereocenters. The number of rotatable bonds is 8. The van der Waals surface area contributed by atoms with Crippen LogP contribution < -0.4 is 15.4 Å². The molecule has 3 N–H and O–H groups in total. The van der Waals surface area contributed by atoms with Gasteiger partial charge in [0.2, 0.25) is 0 Å². The number of benzene rings is 3. The van der Waals surface area contributed by atoms with Gasteiger partial charge < -0.3 is 15.4 Å². The van der Waals surface area contributed by atoms with E-state index in [-0.39, 0.29) is 11.7 Å². The van der Waals surface area contributed by atoms with Crippen LogP contribution in [0.2, 0.25) is 0 Å².